The van der Waals surface area contributed by atoms with Gasteiger partial charge in [-0.2, -0.15) is 0 Å². The molecular weight excluding hydrogens is 1120 g/mol. The Labute approximate surface area is 568 Å². The van der Waals surface area contributed by atoms with Crippen LogP contribution in [0.3, 0.4) is 0 Å². The average Bonchev–Trinajstić information content (AvgIpc) is 3.75. The molecule has 516 valence electrons. The number of allylic oxidation sites excluding steroid dienone is 34. The van der Waals surface area contributed by atoms with Crippen molar-refractivity contribution in [3.05, 3.63) is 207 Å². The lowest BCUT2D eigenvalue weighted by Gasteiger charge is -2.15. The summed E-state index contributed by atoms with van der Waals surface area (Å²) in [4.78, 5) is 24.7. The van der Waals surface area contributed by atoms with Gasteiger partial charge in [0.05, 0.1) is 6.61 Å². The predicted molar refractivity (Wildman–Crippen MR) is 407 cm³/mol. The van der Waals surface area contributed by atoms with Gasteiger partial charge in [-0.15, -0.1) is 0 Å². The summed E-state index contributed by atoms with van der Waals surface area (Å²) in [6, 6.07) is 0. The van der Waals surface area contributed by atoms with E-state index in [-0.39, 0.29) is 25.2 Å². The van der Waals surface area contributed by atoms with Crippen molar-refractivity contribution in [2.45, 2.75) is 315 Å². The third-order valence-corrected chi connectivity index (χ3v) is 15.6. The van der Waals surface area contributed by atoms with Crippen LogP contribution in [0.1, 0.15) is 309 Å². The molecule has 0 spiro atoms. The van der Waals surface area contributed by atoms with Gasteiger partial charge in [0.25, 0.3) is 0 Å². The van der Waals surface area contributed by atoms with Crippen molar-refractivity contribution >= 4 is 11.9 Å². The summed E-state index contributed by atoms with van der Waals surface area (Å²) in [5.74, 6) is -0.604. The number of carbonyl (C=O) groups excluding carboxylic acids is 2. The molecule has 0 radical (unpaired) electrons. The first-order chi connectivity index (χ1) is 45.6. The molecule has 0 amide bonds. The zero-order valence-electron chi connectivity index (χ0n) is 59.2. The van der Waals surface area contributed by atoms with E-state index in [4.69, 9.17) is 9.47 Å². The van der Waals surface area contributed by atoms with E-state index >= 15 is 0 Å². The second-order valence-corrected chi connectivity index (χ2v) is 24.3. The number of unbranched alkanes of at least 4 members (excludes halogenated alkanes) is 25. The number of hydrogen-bond donors (Lipinski definition) is 1. The first-order valence-electron chi connectivity index (χ1n) is 37.6. The maximum absolute atomic E-state index is 12.4. The van der Waals surface area contributed by atoms with Crippen molar-refractivity contribution in [3.63, 3.8) is 0 Å². The molecule has 1 atom stereocenters. The summed E-state index contributed by atoms with van der Waals surface area (Å²) in [7, 11) is 0. The van der Waals surface area contributed by atoms with Gasteiger partial charge in [-0.25, -0.2) is 0 Å². The molecule has 0 bridgehead atoms. The molecule has 0 rings (SSSR count). The zero-order chi connectivity index (χ0) is 66.1. The van der Waals surface area contributed by atoms with E-state index in [0.717, 1.165) is 154 Å². The van der Waals surface area contributed by atoms with E-state index < -0.39 is 6.10 Å². The van der Waals surface area contributed by atoms with Crippen LogP contribution in [-0.4, -0.2) is 36.4 Å². The zero-order valence-corrected chi connectivity index (χ0v) is 59.2. The molecule has 0 aromatic rings. The first-order valence-corrected chi connectivity index (χ1v) is 37.6. The minimum Gasteiger partial charge on any atom is -0.462 e. The van der Waals surface area contributed by atoms with Gasteiger partial charge >= 0.3 is 11.9 Å². The summed E-state index contributed by atoms with van der Waals surface area (Å²) in [6.07, 6.45) is 127. The summed E-state index contributed by atoms with van der Waals surface area (Å²) < 4.78 is 10.8. The third kappa shape index (κ3) is 76.9. The van der Waals surface area contributed by atoms with E-state index in [1.807, 2.05) is 0 Å². The molecule has 1 N–H and O–H groups in total. The van der Waals surface area contributed by atoms with Crippen molar-refractivity contribution < 1.29 is 24.2 Å². The minimum absolute atomic E-state index is 0.0786. The lowest BCUT2D eigenvalue weighted by Crippen LogP contribution is -2.28. The second kappa shape index (κ2) is 79.7. The smallest absolute Gasteiger partial charge is 0.306 e. The number of ether oxygens (including phenoxy) is 2. The Morgan fingerprint density at radius 2 is 0.435 bits per heavy atom. The van der Waals surface area contributed by atoms with Crippen LogP contribution in [0.2, 0.25) is 0 Å². The molecule has 1 unspecified atom stereocenters. The number of aliphatic hydroxyl groups is 1. The number of aliphatic hydroxyl groups excluding tert-OH is 1. The molecule has 0 saturated heterocycles. The van der Waals surface area contributed by atoms with Crippen LogP contribution >= 0.6 is 0 Å². The van der Waals surface area contributed by atoms with Gasteiger partial charge in [0, 0.05) is 12.8 Å². The monoisotopic (exact) mass is 1260 g/mol. The van der Waals surface area contributed by atoms with Gasteiger partial charge in [-0.3, -0.25) is 9.59 Å². The molecule has 0 aromatic carbocycles. The number of esters is 2. The van der Waals surface area contributed by atoms with Crippen LogP contribution in [0.15, 0.2) is 207 Å². The second-order valence-electron chi connectivity index (χ2n) is 24.3. The molecule has 0 aliphatic rings. The van der Waals surface area contributed by atoms with Gasteiger partial charge in [0.1, 0.15) is 6.61 Å². The summed E-state index contributed by atoms with van der Waals surface area (Å²) in [5, 5.41) is 9.72. The highest BCUT2D eigenvalue weighted by Gasteiger charge is 2.16. The molecule has 0 aromatic heterocycles. The van der Waals surface area contributed by atoms with E-state index in [0.29, 0.717) is 12.8 Å². The maximum atomic E-state index is 12.4. The van der Waals surface area contributed by atoms with Gasteiger partial charge in [0.2, 0.25) is 0 Å². The normalized spacial score (nSPS) is 13.5. The quantitative estimate of drug-likeness (QED) is 0.0373. The number of hydrogen-bond acceptors (Lipinski definition) is 5. The fourth-order valence-corrected chi connectivity index (χ4v) is 10.0. The molecule has 0 fully saturated rings. The molecule has 5 heteroatoms. The first kappa shape index (κ1) is 86.5. The standard InChI is InChI=1S/C87H138O5/c1-3-5-7-9-11-13-15-17-19-21-23-25-27-29-31-33-35-37-39-41-43-45-47-49-51-53-55-57-59-61-63-65-67-69-71-73-75-77-79-81-86(89)91-84-85(83-88)92-87(90)82-80-78-76-74-72-70-68-66-64-62-60-58-56-54-52-50-48-46-44-42-40-38-36-34-32-30-28-26-24-22-20-18-16-14-12-10-8-6-4-2/h5-8,11-14,17-20,23-26,29-32,35-38,41-44,48,50,54,56,60,62,85,88H,3-4,9-10,15-16,21-22,27-28,33-34,39-40,45-47,49,51-53,55,57-59,61,63-84H2,1-2H3/b7-5-,8-6-,13-11-,14-12-,19-17-,20-18-,25-23-,26-24-,31-29-,32-30-,37-35-,38-36-,43-41-,44-42-,50-48-,56-54-,62-60-. The highest BCUT2D eigenvalue weighted by molar-refractivity contribution is 5.70. The highest BCUT2D eigenvalue weighted by atomic mass is 16.6. The van der Waals surface area contributed by atoms with Crippen molar-refractivity contribution in [2.75, 3.05) is 13.2 Å². The number of rotatable bonds is 67. The van der Waals surface area contributed by atoms with Crippen molar-refractivity contribution in [1.29, 1.82) is 0 Å². The fourth-order valence-electron chi connectivity index (χ4n) is 10.0. The van der Waals surface area contributed by atoms with Crippen LogP contribution in [0.4, 0.5) is 0 Å². The Hall–Kier alpha value is -5.52. The topological polar surface area (TPSA) is 72.8 Å². The van der Waals surface area contributed by atoms with Crippen LogP contribution in [0.5, 0.6) is 0 Å². The molecule has 0 heterocycles. The molecule has 0 aliphatic heterocycles. The molecule has 92 heavy (non-hydrogen) atoms. The van der Waals surface area contributed by atoms with Crippen molar-refractivity contribution in [3.8, 4) is 0 Å². The average molecular weight is 1260 g/mol. The van der Waals surface area contributed by atoms with Crippen LogP contribution in [-0.2, 0) is 19.1 Å². The summed E-state index contributed by atoms with van der Waals surface area (Å²) >= 11 is 0. The Morgan fingerprint density at radius 3 is 0.652 bits per heavy atom. The Balaban J connectivity index is 3.56. The third-order valence-electron chi connectivity index (χ3n) is 15.6. The van der Waals surface area contributed by atoms with Crippen molar-refractivity contribution in [2.24, 2.45) is 0 Å². The van der Waals surface area contributed by atoms with Crippen LogP contribution < -0.4 is 0 Å². The lowest BCUT2D eigenvalue weighted by atomic mass is 10.0. The van der Waals surface area contributed by atoms with E-state index in [2.05, 4.69) is 220 Å². The maximum Gasteiger partial charge on any atom is 0.306 e. The molecular formula is C87H138O5. The summed E-state index contributed by atoms with van der Waals surface area (Å²) in [5.41, 5.74) is 0. The summed E-state index contributed by atoms with van der Waals surface area (Å²) in [6.45, 7) is 3.91. The highest BCUT2D eigenvalue weighted by Crippen LogP contribution is 2.17. The predicted octanol–water partition coefficient (Wildman–Crippen LogP) is 26.9. The Morgan fingerprint density at radius 1 is 0.250 bits per heavy atom. The fraction of sp³-hybridized carbons (Fsp3) is 0.586. The minimum atomic E-state index is -0.792. The van der Waals surface area contributed by atoms with Crippen molar-refractivity contribution in [1.82, 2.24) is 0 Å². The molecule has 0 aliphatic carbocycles. The SMILES string of the molecule is CC/C=C\C/C=C\C/C=C\C/C=C\C/C=C\C/C=C\C/C=C\C/C=C\C/C=C\C/C=C\CCCCCCCCCCC(=O)OC(CO)COC(=O)CCCCCCCCCCCCCCCCCCC/C=C\C/C=C\C/C=C\C/C=C\C/C=C\C/C=C\C/C=C\CC. The van der Waals surface area contributed by atoms with E-state index in [9.17, 15) is 14.7 Å². The van der Waals surface area contributed by atoms with Gasteiger partial charge in [0.15, 0.2) is 6.10 Å². The van der Waals surface area contributed by atoms with Gasteiger partial charge < -0.3 is 14.6 Å². The van der Waals surface area contributed by atoms with E-state index in [1.165, 1.54) is 128 Å². The Kier molecular flexibility index (Phi) is 74.9. The largest absolute Gasteiger partial charge is 0.462 e. The lowest BCUT2D eigenvalue weighted by molar-refractivity contribution is -0.161. The number of carbonyl (C=O) groups is 2. The van der Waals surface area contributed by atoms with Gasteiger partial charge in [-0.1, -0.05) is 355 Å². The van der Waals surface area contributed by atoms with E-state index in [1.54, 1.807) is 0 Å². The van der Waals surface area contributed by atoms with Crippen LogP contribution in [0.25, 0.3) is 0 Å². The molecule has 0 saturated carbocycles. The Bertz CT molecular complexity index is 2120. The van der Waals surface area contributed by atoms with Crippen LogP contribution in [0, 0.1) is 0 Å². The molecule has 5 nitrogen and oxygen atoms in total. The van der Waals surface area contributed by atoms with Gasteiger partial charge in [-0.05, 0) is 148 Å².